The lowest BCUT2D eigenvalue weighted by Crippen LogP contribution is -2.37. The Hall–Kier alpha value is -4.63. The fourth-order valence-electron chi connectivity index (χ4n) is 8.97. The van der Waals surface area contributed by atoms with Crippen LogP contribution in [0.2, 0.25) is 0 Å². The second-order valence-electron chi connectivity index (χ2n) is 23.8. The largest absolute Gasteiger partial charge is 0.756 e. The molecule has 10 heteroatoms. The molecule has 0 spiro atoms. The highest BCUT2D eigenvalue weighted by Crippen LogP contribution is 2.38. The van der Waals surface area contributed by atoms with Crippen molar-refractivity contribution in [2.75, 3.05) is 47.5 Å². The van der Waals surface area contributed by atoms with Crippen molar-refractivity contribution >= 4 is 19.8 Å². The van der Waals surface area contributed by atoms with Crippen LogP contribution in [0.15, 0.2) is 170 Å². The van der Waals surface area contributed by atoms with E-state index in [0.717, 1.165) is 135 Å². The van der Waals surface area contributed by atoms with Crippen LogP contribution >= 0.6 is 7.82 Å². The highest BCUT2D eigenvalue weighted by atomic mass is 31.2. The molecule has 0 saturated carbocycles. The molecule has 2 unspecified atom stereocenters. The molecule has 0 rings (SSSR count). The molecule has 0 aliphatic carbocycles. The minimum Gasteiger partial charge on any atom is -0.756 e. The topological polar surface area (TPSA) is 111 Å². The highest BCUT2D eigenvalue weighted by molar-refractivity contribution is 7.45. The molecule has 0 heterocycles. The second kappa shape index (κ2) is 66.8. The van der Waals surface area contributed by atoms with Crippen LogP contribution in [0.5, 0.6) is 0 Å². The zero-order valence-electron chi connectivity index (χ0n) is 56.6. The van der Waals surface area contributed by atoms with Crippen molar-refractivity contribution in [2.24, 2.45) is 0 Å². The fourth-order valence-corrected chi connectivity index (χ4v) is 9.70. The molecule has 0 aromatic carbocycles. The predicted octanol–water partition coefficient (Wildman–Crippen LogP) is 22.3. The van der Waals surface area contributed by atoms with E-state index >= 15 is 0 Å². The van der Waals surface area contributed by atoms with Crippen LogP contribution in [0, 0.1) is 0 Å². The first kappa shape index (κ1) is 83.4. The summed E-state index contributed by atoms with van der Waals surface area (Å²) in [6.07, 6.45) is 101. The quantitative estimate of drug-likeness (QED) is 0.0195. The maximum Gasteiger partial charge on any atom is 0.306 e. The van der Waals surface area contributed by atoms with E-state index in [1.807, 2.05) is 21.1 Å². The van der Waals surface area contributed by atoms with Crippen molar-refractivity contribution in [2.45, 2.75) is 264 Å². The third-order valence-corrected chi connectivity index (χ3v) is 15.2. The lowest BCUT2D eigenvalue weighted by molar-refractivity contribution is -0.870. The summed E-state index contributed by atoms with van der Waals surface area (Å²) in [6.45, 7) is 3.97. The Morgan fingerprint density at radius 3 is 0.909 bits per heavy atom. The number of ether oxygens (including phenoxy) is 2. The van der Waals surface area contributed by atoms with Gasteiger partial charge in [-0.3, -0.25) is 14.2 Å². The van der Waals surface area contributed by atoms with Gasteiger partial charge in [0, 0.05) is 12.8 Å². The Morgan fingerprint density at radius 2 is 0.614 bits per heavy atom. The minimum absolute atomic E-state index is 0.0429. The third-order valence-electron chi connectivity index (χ3n) is 14.2. The van der Waals surface area contributed by atoms with Crippen molar-refractivity contribution < 1.29 is 42.1 Å². The number of quaternary nitrogens is 1. The van der Waals surface area contributed by atoms with Gasteiger partial charge in [0.05, 0.1) is 27.7 Å². The number of phosphoric acid groups is 1. The van der Waals surface area contributed by atoms with Crippen molar-refractivity contribution in [1.82, 2.24) is 0 Å². The molecule has 0 aromatic heterocycles. The molecule has 0 saturated heterocycles. The van der Waals surface area contributed by atoms with E-state index in [0.29, 0.717) is 23.9 Å². The number of phosphoric ester groups is 1. The fraction of sp³-hybridized carbons (Fsp3) is 0.615. The summed E-state index contributed by atoms with van der Waals surface area (Å²) in [5, 5.41) is 0. The molecular weight excluding hydrogens is 1110 g/mol. The Kier molecular flexibility index (Phi) is 63.3. The van der Waals surface area contributed by atoms with Gasteiger partial charge < -0.3 is 27.9 Å². The number of nitrogens with zero attached hydrogens (tertiary/aromatic N) is 1. The Bertz CT molecular complexity index is 2090. The first-order chi connectivity index (χ1) is 43.0. The molecule has 0 aliphatic rings. The number of rotatable bonds is 62. The molecule has 88 heavy (non-hydrogen) atoms. The molecule has 0 radical (unpaired) electrons. The highest BCUT2D eigenvalue weighted by Gasteiger charge is 2.22. The minimum atomic E-state index is -4.66. The molecule has 9 nitrogen and oxygen atoms in total. The summed E-state index contributed by atoms with van der Waals surface area (Å²) in [5.41, 5.74) is 0. The molecule has 498 valence electrons. The standard InChI is InChI=1S/C78H128NO8P/c1-6-8-10-12-14-16-18-20-22-24-26-28-30-31-32-33-34-35-36-37-38-39-40-41-42-43-44-45-46-47-49-51-53-55-57-59-61-63-65-67-69-71-78(81)87-76(75-86-88(82,83)85-73-72-79(3,4)5)74-84-77(80)70-68-66-64-62-60-58-56-54-52-50-48-29-27-25-23-21-19-17-15-13-11-9-7-2/h8-11,14-17,20-23,26-29,31-32,34-35,37-38,40-41,50,52,56,58,76H,6-7,12-13,18-19,24-25,30,33,36,39,42-49,51,53-55,57,59-75H2,1-5H3/b10-8-,11-9-,16-14-,17-15-,22-20-,23-21-,28-26-,29-27-,32-31-,35-34-,38-37-,41-40-,52-50-,58-56-. The van der Waals surface area contributed by atoms with Crippen LogP contribution < -0.4 is 4.89 Å². The van der Waals surface area contributed by atoms with Crippen LogP contribution in [0.1, 0.15) is 258 Å². The summed E-state index contributed by atoms with van der Waals surface area (Å²) in [5.74, 6) is -0.869. The summed E-state index contributed by atoms with van der Waals surface area (Å²) in [4.78, 5) is 38.0. The molecular formula is C78H128NO8P. The van der Waals surface area contributed by atoms with Gasteiger partial charge in [-0.1, -0.05) is 287 Å². The van der Waals surface area contributed by atoms with Gasteiger partial charge in [-0.15, -0.1) is 0 Å². The number of unbranched alkanes of at least 4 members (excludes halogenated alkanes) is 20. The average Bonchev–Trinajstić information content (AvgIpc) is 3.58. The predicted molar refractivity (Wildman–Crippen MR) is 378 cm³/mol. The maximum absolute atomic E-state index is 12.9. The summed E-state index contributed by atoms with van der Waals surface area (Å²) in [6, 6.07) is 0. The molecule has 0 aromatic rings. The monoisotopic (exact) mass is 1240 g/mol. The van der Waals surface area contributed by atoms with Crippen LogP contribution in [0.4, 0.5) is 0 Å². The summed E-state index contributed by atoms with van der Waals surface area (Å²) in [7, 11) is 1.13. The van der Waals surface area contributed by atoms with E-state index in [1.165, 1.54) is 83.5 Å². The van der Waals surface area contributed by atoms with Gasteiger partial charge in [0.1, 0.15) is 19.8 Å². The van der Waals surface area contributed by atoms with Gasteiger partial charge in [0.2, 0.25) is 0 Å². The number of esters is 2. The van der Waals surface area contributed by atoms with E-state index < -0.39 is 32.5 Å². The lowest BCUT2D eigenvalue weighted by Gasteiger charge is -2.28. The van der Waals surface area contributed by atoms with Crippen LogP contribution in [-0.2, 0) is 32.7 Å². The van der Waals surface area contributed by atoms with Gasteiger partial charge in [0.15, 0.2) is 6.10 Å². The van der Waals surface area contributed by atoms with Gasteiger partial charge in [-0.25, -0.2) is 0 Å². The zero-order chi connectivity index (χ0) is 64.1. The smallest absolute Gasteiger partial charge is 0.306 e. The molecule has 0 N–H and O–H groups in total. The number of carbonyl (C=O) groups is 2. The van der Waals surface area contributed by atoms with E-state index in [2.05, 4.69) is 184 Å². The number of allylic oxidation sites excluding steroid dienone is 28. The molecule has 0 amide bonds. The Labute approximate surface area is 540 Å². The zero-order valence-corrected chi connectivity index (χ0v) is 57.5. The van der Waals surface area contributed by atoms with Gasteiger partial charge in [0.25, 0.3) is 7.82 Å². The lowest BCUT2D eigenvalue weighted by atomic mass is 10.0. The van der Waals surface area contributed by atoms with Gasteiger partial charge in [-0.2, -0.15) is 0 Å². The maximum atomic E-state index is 12.9. The van der Waals surface area contributed by atoms with E-state index in [9.17, 15) is 19.0 Å². The van der Waals surface area contributed by atoms with Crippen LogP contribution in [-0.4, -0.2) is 70.0 Å². The first-order valence-corrected chi connectivity index (χ1v) is 36.3. The van der Waals surface area contributed by atoms with E-state index in [-0.39, 0.29) is 26.1 Å². The van der Waals surface area contributed by atoms with Gasteiger partial charge in [-0.05, 0) is 128 Å². The van der Waals surface area contributed by atoms with E-state index in [1.54, 1.807) is 0 Å². The van der Waals surface area contributed by atoms with Crippen molar-refractivity contribution in [3.63, 3.8) is 0 Å². The number of carbonyl (C=O) groups excluding carboxylic acids is 2. The number of likely N-dealkylation sites (N-methyl/N-ethyl adjacent to an activating group) is 1. The second-order valence-corrected chi connectivity index (χ2v) is 25.2. The molecule has 2 atom stereocenters. The number of hydrogen-bond acceptors (Lipinski definition) is 8. The Morgan fingerprint density at radius 1 is 0.352 bits per heavy atom. The number of hydrogen-bond donors (Lipinski definition) is 0. The van der Waals surface area contributed by atoms with Crippen LogP contribution in [0.3, 0.4) is 0 Å². The van der Waals surface area contributed by atoms with Crippen molar-refractivity contribution in [3.8, 4) is 0 Å². The van der Waals surface area contributed by atoms with Crippen molar-refractivity contribution in [3.05, 3.63) is 170 Å². The van der Waals surface area contributed by atoms with E-state index in [4.69, 9.17) is 18.5 Å². The van der Waals surface area contributed by atoms with Crippen LogP contribution in [0.25, 0.3) is 0 Å². The summed E-state index contributed by atoms with van der Waals surface area (Å²) < 4.78 is 34.2. The molecule has 0 fully saturated rings. The molecule has 0 bridgehead atoms. The average molecular weight is 1240 g/mol. The third kappa shape index (κ3) is 70.5. The SMILES string of the molecule is CC/C=C\C/C=C\C/C=C\C/C=C\C/C=C\C/C=C\C/C=C\C/C=C\CCCCCCCCCCCCCCCCCCC(=O)OC(COC(=O)CCCCCC/C=C\C/C=C\C/C=C\C/C=C\C/C=C\C/C=C\CC)COP(=O)([O-])OCC[N+](C)(C)C. The Balaban J connectivity index is 4.08. The normalized spacial score (nSPS) is 14.2. The van der Waals surface area contributed by atoms with Gasteiger partial charge >= 0.3 is 11.9 Å². The van der Waals surface area contributed by atoms with Crippen molar-refractivity contribution in [1.29, 1.82) is 0 Å². The summed E-state index contributed by atoms with van der Waals surface area (Å²) >= 11 is 0. The molecule has 0 aliphatic heterocycles. The first-order valence-electron chi connectivity index (χ1n) is 34.8.